The van der Waals surface area contributed by atoms with Crippen molar-refractivity contribution >= 4 is 23.6 Å². The maximum Gasteiger partial charge on any atom is 0.316 e. The first-order valence-electron chi connectivity index (χ1n) is 8.86. The Kier molecular flexibility index (Phi) is 5.99. The molecule has 1 saturated heterocycles. The number of carbonyl (C=O) groups is 2. The van der Waals surface area contributed by atoms with Crippen LogP contribution in [0.4, 0.5) is 0 Å². The highest BCUT2D eigenvalue weighted by molar-refractivity contribution is 8.00. The summed E-state index contributed by atoms with van der Waals surface area (Å²) in [4.78, 5) is 26.8. The second-order valence-corrected chi connectivity index (χ2v) is 8.07. The standard InChI is InChI=1S/C21H23NO3S/c1-15(21(24)25)26-19-10-6-5-9-18(19)20(23)22-12-11-17(14-22)13-16-7-3-2-4-8-16/h2-10,15,17H,11-14H2,1H3,(H,24,25). The lowest BCUT2D eigenvalue weighted by Gasteiger charge is -2.19. The number of nitrogens with zero attached hydrogens (tertiary/aromatic N) is 1. The zero-order valence-corrected chi connectivity index (χ0v) is 15.6. The minimum atomic E-state index is -0.874. The van der Waals surface area contributed by atoms with Crippen LogP contribution in [0.2, 0.25) is 0 Å². The van der Waals surface area contributed by atoms with E-state index in [1.54, 1.807) is 13.0 Å². The number of carboxylic acid groups (broad SMARTS) is 1. The summed E-state index contributed by atoms with van der Waals surface area (Å²) in [5.41, 5.74) is 1.91. The third kappa shape index (κ3) is 4.47. The molecule has 1 amide bonds. The Balaban J connectivity index is 1.67. The van der Waals surface area contributed by atoms with Crippen LogP contribution in [0.5, 0.6) is 0 Å². The number of amides is 1. The maximum atomic E-state index is 13.0. The molecule has 136 valence electrons. The molecule has 2 aromatic carbocycles. The van der Waals surface area contributed by atoms with Gasteiger partial charge in [0, 0.05) is 18.0 Å². The van der Waals surface area contributed by atoms with E-state index in [2.05, 4.69) is 12.1 Å². The van der Waals surface area contributed by atoms with Gasteiger partial charge >= 0.3 is 5.97 Å². The van der Waals surface area contributed by atoms with Gasteiger partial charge in [0.15, 0.2) is 0 Å². The fourth-order valence-electron chi connectivity index (χ4n) is 3.29. The lowest BCUT2D eigenvalue weighted by Crippen LogP contribution is -2.29. The molecule has 2 unspecified atom stereocenters. The van der Waals surface area contributed by atoms with Gasteiger partial charge in [0.05, 0.1) is 5.56 Å². The lowest BCUT2D eigenvalue weighted by molar-refractivity contribution is -0.136. The number of likely N-dealkylation sites (tertiary alicyclic amines) is 1. The Hall–Kier alpha value is -2.27. The van der Waals surface area contributed by atoms with E-state index in [4.69, 9.17) is 5.11 Å². The summed E-state index contributed by atoms with van der Waals surface area (Å²) in [6, 6.07) is 17.7. The summed E-state index contributed by atoms with van der Waals surface area (Å²) < 4.78 is 0. The van der Waals surface area contributed by atoms with Crippen molar-refractivity contribution in [2.75, 3.05) is 13.1 Å². The Labute approximate surface area is 158 Å². The number of thioether (sulfide) groups is 1. The van der Waals surface area contributed by atoms with Gasteiger partial charge in [-0.3, -0.25) is 9.59 Å². The Morgan fingerprint density at radius 1 is 1.15 bits per heavy atom. The van der Waals surface area contributed by atoms with E-state index in [0.717, 1.165) is 30.8 Å². The molecule has 0 saturated carbocycles. The highest BCUT2D eigenvalue weighted by Gasteiger charge is 2.28. The number of benzene rings is 2. The number of aliphatic carboxylic acids is 1. The van der Waals surface area contributed by atoms with Crippen molar-refractivity contribution in [2.24, 2.45) is 5.92 Å². The van der Waals surface area contributed by atoms with Crippen LogP contribution in [0, 0.1) is 5.92 Å². The molecular formula is C21H23NO3S. The average molecular weight is 369 g/mol. The summed E-state index contributed by atoms with van der Waals surface area (Å²) in [6.07, 6.45) is 1.98. The van der Waals surface area contributed by atoms with E-state index in [0.29, 0.717) is 11.5 Å². The summed E-state index contributed by atoms with van der Waals surface area (Å²) >= 11 is 1.22. The minimum absolute atomic E-state index is 0.00116. The fraction of sp³-hybridized carbons (Fsp3) is 0.333. The summed E-state index contributed by atoms with van der Waals surface area (Å²) in [6.45, 7) is 3.14. The SMILES string of the molecule is CC(Sc1ccccc1C(=O)N1CCC(Cc2ccccc2)C1)C(=O)O. The van der Waals surface area contributed by atoms with Crippen LogP contribution in [0.15, 0.2) is 59.5 Å². The first-order chi connectivity index (χ1) is 12.5. The number of hydrogen-bond donors (Lipinski definition) is 1. The molecule has 0 bridgehead atoms. The normalized spacial score (nSPS) is 17.9. The Morgan fingerprint density at radius 2 is 1.85 bits per heavy atom. The molecule has 1 fully saturated rings. The number of hydrogen-bond acceptors (Lipinski definition) is 3. The lowest BCUT2D eigenvalue weighted by atomic mass is 9.99. The van der Waals surface area contributed by atoms with Crippen molar-refractivity contribution in [3.8, 4) is 0 Å². The second kappa shape index (κ2) is 8.41. The largest absolute Gasteiger partial charge is 0.480 e. The maximum absolute atomic E-state index is 13.0. The molecule has 2 aromatic rings. The van der Waals surface area contributed by atoms with Crippen LogP contribution in [0.3, 0.4) is 0 Å². The highest BCUT2D eigenvalue weighted by Crippen LogP contribution is 2.30. The molecule has 0 aromatic heterocycles. The summed E-state index contributed by atoms with van der Waals surface area (Å²) in [5.74, 6) is -0.401. The van der Waals surface area contributed by atoms with Gasteiger partial charge in [-0.05, 0) is 43.4 Å². The molecule has 0 aliphatic carbocycles. The molecule has 4 nitrogen and oxygen atoms in total. The van der Waals surface area contributed by atoms with Gasteiger partial charge < -0.3 is 10.0 Å². The van der Waals surface area contributed by atoms with Crippen molar-refractivity contribution in [3.63, 3.8) is 0 Å². The van der Waals surface area contributed by atoms with Crippen molar-refractivity contribution in [1.29, 1.82) is 0 Å². The molecule has 1 N–H and O–H groups in total. The van der Waals surface area contributed by atoms with Crippen LogP contribution in [-0.2, 0) is 11.2 Å². The van der Waals surface area contributed by atoms with Crippen LogP contribution in [0.1, 0.15) is 29.3 Å². The van der Waals surface area contributed by atoms with Gasteiger partial charge in [0.1, 0.15) is 5.25 Å². The average Bonchev–Trinajstić information content (AvgIpc) is 3.11. The van der Waals surface area contributed by atoms with Crippen LogP contribution >= 0.6 is 11.8 Å². The summed E-state index contributed by atoms with van der Waals surface area (Å²) in [7, 11) is 0. The fourth-order valence-corrected chi connectivity index (χ4v) is 4.21. The monoisotopic (exact) mass is 369 g/mol. The molecule has 3 rings (SSSR count). The van der Waals surface area contributed by atoms with Gasteiger partial charge in [-0.15, -0.1) is 11.8 Å². The molecule has 0 spiro atoms. The molecular weight excluding hydrogens is 346 g/mol. The number of rotatable bonds is 6. The molecule has 26 heavy (non-hydrogen) atoms. The third-order valence-electron chi connectivity index (χ3n) is 4.71. The van der Waals surface area contributed by atoms with E-state index in [-0.39, 0.29) is 5.91 Å². The summed E-state index contributed by atoms with van der Waals surface area (Å²) in [5, 5.41) is 8.55. The quantitative estimate of drug-likeness (QED) is 0.783. The van der Waals surface area contributed by atoms with E-state index in [9.17, 15) is 9.59 Å². The Bertz CT molecular complexity index is 778. The van der Waals surface area contributed by atoms with E-state index >= 15 is 0 Å². The highest BCUT2D eigenvalue weighted by atomic mass is 32.2. The Morgan fingerprint density at radius 3 is 2.58 bits per heavy atom. The van der Waals surface area contributed by atoms with Gasteiger partial charge in [-0.2, -0.15) is 0 Å². The van der Waals surface area contributed by atoms with Crippen molar-refractivity contribution in [1.82, 2.24) is 4.90 Å². The smallest absolute Gasteiger partial charge is 0.316 e. The molecule has 2 atom stereocenters. The zero-order chi connectivity index (χ0) is 18.5. The number of carboxylic acids is 1. The number of carbonyl (C=O) groups excluding carboxylic acids is 1. The van der Waals surface area contributed by atoms with Crippen LogP contribution < -0.4 is 0 Å². The zero-order valence-electron chi connectivity index (χ0n) is 14.8. The van der Waals surface area contributed by atoms with Crippen LogP contribution in [-0.4, -0.2) is 40.2 Å². The van der Waals surface area contributed by atoms with Crippen LogP contribution in [0.25, 0.3) is 0 Å². The predicted molar refractivity (Wildman–Crippen MR) is 104 cm³/mol. The first kappa shape index (κ1) is 18.5. The topological polar surface area (TPSA) is 57.6 Å². The van der Waals surface area contributed by atoms with Gasteiger partial charge in [0.2, 0.25) is 0 Å². The second-order valence-electron chi connectivity index (χ2n) is 6.69. The predicted octanol–water partition coefficient (Wildman–Crippen LogP) is 3.96. The molecule has 1 heterocycles. The van der Waals surface area contributed by atoms with Gasteiger partial charge in [-0.1, -0.05) is 42.5 Å². The first-order valence-corrected chi connectivity index (χ1v) is 9.74. The molecule has 0 radical (unpaired) electrons. The third-order valence-corrected chi connectivity index (χ3v) is 5.87. The van der Waals surface area contributed by atoms with Gasteiger partial charge in [-0.25, -0.2) is 0 Å². The van der Waals surface area contributed by atoms with E-state index in [1.165, 1.54) is 17.3 Å². The van der Waals surface area contributed by atoms with E-state index in [1.807, 2.05) is 41.3 Å². The van der Waals surface area contributed by atoms with Crippen molar-refractivity contribution in [3.05, 3.63) is 65.7 Å². The van der Waals surface area contributed by atoms with Gasteiger partial charge in [0.25, 0.3) is 5.91 Å². The van der Waals surface area contributed by atoms with Crippen molar-refractivity contribution < 1.29 is 14.7 Å². The molecule has 1 aliphatic heterocycles. The molecule has 1 aliphatic rings. The van der Waals surface area contributed by atoms with Crippen molar-refractivity contribution in [2.45, 2.75) is 29.9 Å². The molecule has 5 heteroatoms. The van der Waals surface area contributed by atoms with E-state index < -0.39 is 11.2 Å². The minimum Gasteiger partial charge on any atom is -0.480 e.